The zero-order valence-corrected chi connectivity index (χ0v) is 18.5. The molecule has 9 heteroatoms. The number of aryl methyl sites for hydroxylation is 1. The molecule has 0 aliphatic carbocycles. The molecule has 166 valence electrons. The molecule has 31 heavy (non-hydrogen) atoms. The van der Waals surface area contributed by atoms with Gasteiger partial charge in [0.1, 0.15) is 24.7 Å². The van der Waals surface area contributed by atoms with Crippen LogP contribution in [0.15, 0.2) is 41.6 Å². The molecule has 1 aromatic carbocycles. The number of ether oxygens (including phenoxy) is 3. The van der Waals surface area contributed by atoms with Gasteiger partial charge in [-0.1, -0.05) is 0 Å². The lowest BCUT2D eigenvalue weighted by Crippen LogP contribution is -2.40. The smallest absolute Gasteiger partial charge is 0.262 e. The van der Waals surface area contributed by atoms with Crippen molar-refractivity contribution < 1.29 is 23.8 Å². The van der Waals surface area contributed by atoms with E-state index in [2.05, 4.69) is 5.10 Å². The molecule has 0 N–H and O–H groups in total. The molecule has 0 saturated carbocycles. The molecule has 0 saturated heterocycles. The number of likely N-dealkylation sites (N-methyl/N-ethyl adjacent to an activating group) is 1. The molecule has 0 bridgehead atoms. The summed E-state index contributed by atoms with van der Waals surface area (Å²) >= 11 is 0. The molecule has 9 nitrogen and oxygen atoms in total. The van der Waals surface area contributed by atoms with Crippen molar-refractivity contribution in [1.29, 1.82) is 0 Å². The van der Waals surface area contributed by atoms with Crippen LogP contribution in [-0.4, -0.2) is 73.5 Å². The van der Waals surface area contributed by atoms with E-state index < -0.39 is 6.04 Å². The Kier molecular flexibility index (Phi) is 6.96. The summed E-state index contributed by atoms with van der Waals surface area (Å²) in [6.07, 6.45) is 2.43. The second-order valence-electron chi connectivity index (χ2n) is 7.30. The summed E-state index contributed by atoms with van der Waals surface area (Å²) in [6.45, 7) is -0.205. The maximum Gasteiger partial charge on any atom is 0.262 e. The van der Waals surface area contributed by atoms with Crippen LogP contribution in [0.1, 0.15) is 23.7 Å². The summed E-state index contributed by atoms with van der Waals surface area (Å²) in [7, 11) is 8.11. The molecular formula is C22H28N4O5. The van der Waals surface area contributed by atoms with E-state index in [0.717, 1.165) is 17.0 Å². The van der Waals surface area contributed by atoms with Crippen LogP contribution in [0.5, 0.6) is 11.5 Å². The highest BCUT2D eigenvalue weighted by Crippen LogP contribution is 2.39. The largest absolute Gasteiger partial charge is 0.497 e. The lowest BCUT2D eigenvalue weighted by molar-refractivity contribution is -0.142. The highest BCUT2D eigenvalue weighted by molar-refractivity contribution is 6.02. The SMILES string of the molecule is COCC(=O)N(C)CC(=O)N1N=C(c2cccn2C)C[C@H]1c1cc(OC)ccc1OC. The molecule has 1 atom stereocenters. The van der Waals surface area contributed by atoms with E-state index >= 15 is 0 Å². The van der Waals surface area contributed by atoms with E-state index in [-0.39, 0.29) is 25.0 Å². The van der Waals surface area contributed by atoms with Crippen molar-refractivity contribution in [3.05, 3.63) is 47.8 Å². The van der Waals surface area contributed by atoms with Crippen LogP contribution in [0.3, 0.4) is 0 Å². The summed E-state index contributed by atoms with van der Waals surface area (Å²) in [4.78, 5) is 26.6. The van der Waals surface area contributed by atoms with E-state index in [0.29, 0.717) is 17.9 Å². The monoisotopic (exact) mass is 428 g/mol. The number of benzene rings is 1. The van der Waals surface area contributed by atoms with Crippen LogP contribution in [0, 0.1) is 0 Å². The molecule has 0 radical (unpaired) electrons. The van der Waals surface area contributed by atoms with E-state index in [1.165, 1.54) is 17.0 Å². The van der Waals surface area contributed by atoms with Crippen molar-refractivity contribution in [2.45, 2.75) is 12.5 Å². The number of rotatable bonds is 8. The maximum absolute atomic E-state index is 13.2. The Balaban J connectivity index is 1.97. The van der Waals surface area contributed by atoms with Crippen molar-refractivity contribution >= 4 is 17.5 Å². The highest BCUT2D eigenvalue weighted by atomic mass is 16.5. The number of nitrogens with zero attached hydrogens (tertiary/aromatic N) is 4. The number of methoxy groups -OCH3 is 3. The van der Waals surface area contributed by atoms with Gasteiger partial charge in [-0.15, -0.1) is 0 Å². The summed E-state index contributed by atoms with van der Waals surface area (Å²) in [5.41, 5.74) is 2.49. The quantitative estimate of drug-likeness (QED) is 0.640. The average Bonchev–Trinajstić information content (AvgIpc) is 3.39. The van der Waals surface area contributed by atoms with Gasteiger partial charge < -0.3 is 23.7 Å². The summed E-state index contributed by atoms with van der Waals surface area (Å²) in [6, 6.07) is 8.97. The summed E-state index contributed by atoms with van der Waals surface area (Å²) < 4.78 is 17.8. The minimum absolute atomic E-state index is 0.0885. The van der Waals surface area contributed by atoms with Crippen LogP contribution in [-0.2, 0) is 21.4 Å². The Morgan fingerprint density at radius 1 is 1.19 bits per heavy atom. The van der Waals surface area contributed by atoms with E-state index in [4.69, 9.17) is 14.2 Å². The Bertz CT molecular complexity index is 984. The first-order valence-electron chi connectivity index (χ1n) is 9.85. The molecule has 1 aliphatic heterocycles. The molecular weight excluding hydrogens is 400 g/mol. The minimum atomic E-state index is -0.395. The number of amides is 2. The first-order chi connectivity index (χ1) is 14.9. The molecule has 2 amide bonds. The molecule has 1 aliphatic rings. The Labute approximate surface area is 181 Å². The molecule has 3 rings (SSSR count). The van der Waals surface area contributed by atoms with Gasteiger partial charge in [-0.25, -0.2) is 5.01 Å². The van der Waals surface area contributed by atoms with Crippen molar-refractivity contribution in [3.8, 4) is 11.5 Å². The zero-order valence-electron chi connectivity index (χ0n) is 18.5. The molecule has 0 unspecified atom stereocenters. The maximum atomic E-state index is 13.2. The Morgan fingerprint density at radius 2 is 1.97 bits per heavy atom. The number of hydrogen-bond acceptors (Lipinski definition) is 6. The van der Waals surface area contributed by atoms with Crippen molar-refractivity contribution in [1.82, 2.24) is 14.5 Å². The van der Waals surface area contributed by atoms with Gasteiger partial charge in [0.15, 0.2) is 0 Å². The molecule has 0 spiro atoms. The second-order valence-corrected chi connectivity index (χ2v) is 7.30. The molecule has 2 aromatic rings. The van der Waals surface area contributed by atoms with Gasteiger partial charge in [0.05, 0.1) is 31.7 Å². The second kappa shape index (κ2) is 9.65. The molecule has 1 aromatic heterocycles. The van der Waals surface area contributed by atoms with Crippen LogP contribution < -0.4 is 9.47 Å². The Morgan fingerprint density at radius 3 is 2.58 bits per heavy atom. The summed E-state index contributed by atoms with van der Waals surface area (Å²) in [5.74, 6) is 0.710. The molecule has 2 heterocycles. The predicted octanol–water partition coefficient (Wildman–Crippen LogP) is 1.82. The number of carbonyl (C=O) groups excluding carboxylic acids is 2. The van der Waals surface area contributed by atoms with Gasteiger partial charge in [0.2, 0.25) is 5.91 Å². The van der Waals surface area contributed by atoms with E-state index in [1.54, 1.807) is 27.3 Å². The third-order valence-electron chi connectivity index (χ3n) is 5.27. The Hall–Kier alpha value is -3.33. The standard InChI is InChI=1S/C22H28N4O5/c1-24-10-6-7-18(24)17-12-19(16-11-15(30-4)8-9-20(16)31-5)26(23-17)21(27)13-25(2)22(28)14-29-3/h6-11,19H,12-14H2,1-5H3/t19-/m0/s1. The number of aromatic nitrogens is 1. The van der Waals surface area contributed by atoms with Crippen LogP contribution in [0.4, 0.5) is 0 Å². The van der Waals surface area contributed by atoms with Crippen LogP contribution >= 0.6 is 0 Å². The third-order valence-corrected chi connectivity index (χ3v) is 5.27. The average molecular weight is 428 g/mol. The normalized spacial score (nSPS) is 15.6. The summed E-state index contributed by atoms with van der Waals surface area (Å²) in [5, 5.41) is 6.09. The van der Waals surface area contributed by atoms with Gasteiger partial charge in [-0.05, 0) is 30.3 Å². The van der Waals surface area contributed by atoms with Gasteiger partial charge in [-0.3, -0.25) is 9.59 Å². The minimum Gasteiger partial charge on any atom is -0.497 e. The van der Waals surface area contributed by atoms with Crippen molar-refractivity contribution in [2.75, 3.05) is 41.5 Å². The van der Waals surface area contributed by atoms with E-state index in [9.17, 15) is 9.59 Å². The highest BCUT2D eigenvalue weighted by Gasteiger charge is 2.36. The number of carbonyl (C=O) groups is 2. The molecule has 0 fully saturated rings. The van der Waals surface area contributed by atoms with Crippen molar-refractivity contribution in [2.24, 2.45) is 12.1 Å². The van der Waals surface area contributed by atoms with E-state index in [1.807, 2.05) is 42.1 Å². The predicted molar refractivity (Wildman–Crippen MR) is 115 cm³/mol. The fourth-order valence-electron chi connectivity index (χ4n) is 3.60. The van der Waals surface area contributed by atoms with Gasteiger partial charge >= 0.3 is 0 Å². The number of hydrazone groups is 1. The van der Waals surface area contributed by atoms with Gasteiger partial charge in [-0.2, -0.15) is 5.10 Å². The first-order valence-corrected chi connectivity index (χ1v) is 9.85. The first kappa shape index (κ1) is 22.4. The van der Waals surface area contributed by atoms with Gasteiger partial charge in [0, 0.05) is 39.4 Å². The van der Waals surface area contributed by atoms with Crippen LogP contribution in [0.25, 0.3) is 0 Å². The number of hydrogen-bond donors (Lipinski definition) is 0. The third kappa shape index (κ3) is 4.72. The topological polar surface area (TPSA) is 85.6 Å². The lowest BCUT2D eigenvalue weighted by Gasteiger charge is -2.26. The lowest BCUT2D eigenvalue weighted by atomic mass is 9.99. The van der Waals surface area contributed by atoms with Gasteiger partial charge in [0.25, 0.3) is 5.91 Å². The van der Waals surface area contributed by atoms with Crippen molar-refractivity contribution in [3.63, 3.8) is 0 Å². The van der Waals surface area contributed by atoms with Crippen LogP contribution in [0.2, 0.25) is 0 Å². The fourth-order valence-corrected chi connectivity index (χ4v) is 3.60. The fraction of sp³-hybridized carbons (Fsp3) is 0.409. The zero-order chi connectivity index (χ0) is 22.5.